The van der Waals surface area contributed by atoms with E-state index in [2.05, 4.69) is 6.92 Å². The largest absolute Gasteiger partial charge is 0.396 e. The third-order valence-corrected chi connectivity index (χ3v) is 6.24. The van der Waals surface area contributed by atoms with Crippen LogP contribution in [-0.4, -0.2) is 23.2 Å². The molecular weight excluding hydrogens is 324 g/mol. The number of thioether (sulfide) groups is 1. The van der Waals surface area contributed by atoms with Crippen molar-refractivity contribution in [3.63, 3.8) is 0 Å². The van der Waals surface area contributed by atoms with E-state index in [-0.39, 0.29) is 0 Å². The topological polar surface area (TPSA) is 20.2 Å². The molecule has 0 radical (unpaired) electrons. The SMILES string of the molecule is CCCCCCCCCCCCCCCCCCCCSCCCO. The number of rotatable bonds is 22. The maximum Gasteiger partial charge on any atom is 0.0438 e. The van der Waals surface area contributed by atoms with Crippen LogP contribution < -0.4 is 0 Å². The molecule has 0 rings (SSSR count). The van der Waals surface area contributed by atoms with Crippen LogP contribution in [0.15, 0.2) is 0 Å². The normalized spacial score (nSPS) is 11.3. The van der Waals surface area contributed by atoms with Crippen LogP contribution in [0.25, 0.3) is 0 Å². The van der Waals surface area contributed by atoms with Gasteiger partial charge >= 0.3 is 0 Å². The van der Waals surface area contributed by atoms with E-state index in [1.54, 1.807) is 0 Å². The van der Waals surface area contributed by atoms with Crippen LogP contribution in [-0.2, 0) is 0 Å². The molecule has 0 bridgehead atoms. The van der Waals surface area contributed by atoms with Gasteiger partial charge in [-0.3, -0.25) is 0 Å². The van der Waals surface area contributed by atoms with Crippen LogP contribution in [0.2, 0.25) is 0 Å². The van der Waals surface area contributed by atoms with Crippen molar-refractivity contribution in [1.82, 2.24) is 0 Å². The van der Waals surface area contributed by atoms with E-state index in [1.165, 1.54) is 121 Å². The highest BCUT2D eigenvalue weighted by Gasteiger charge is 1.95. The second-order valence-electron chi connectivity index (χ2n) is 7.70. The Kier molecular flexibility index (Phi) is 24.6. The van der Waals surface area contributed by atoms with Crippen LogP contribution in [0.4, 0.5) is 0 Å². The predicted octanol–water partition coefficient (Wildman–Crippen LogP) is 8.14. The van der Waals surface area contributed by atoms with Crippen molar-refractivity contribution in [3.05, 3.63) is 0 Å². The van der Waals surface area contributed by atoms with Crippen molar-refractivity contribution < 1.29 is 5.11 Å². The second-order valence-corrected chi connectivity index (χ2v) is 8.92. The maximum absolute atomic E-state index is 8.71. The zero-order valence-corrected chi connectivity index (χ0v) is 18.2. The highest BCUT2D eigenvalue weighted by Crippen LogP contribution is 2.15. The lowest BCUT2D eigenvalue weighted by molar-refractivity contribution is 0.296. The third kappa shape index (κ3) is 24.3. The Labute approximate surface area is 164 Å². The number of hydrogen-bond acceptors (Lipinski definition) is 2. The van der Waals surface area contributed by atoms with E-state index in [0.29, 0.717) is 6.61 Å². The molecule has 25 heavy (non-hydrogen) atoms. The molecule has 0 spiro atoms. The summed E-state index contributed by atoms with van der Waals surface area (Å²) >= 11 is 2.01. The third-order valence-electron chi connectivity index (χ3n) is 5.09. The quantitative estimate of drug-likeness (QED) is 0.193. The molecular formula is C23H48OS. The van der Waals surface area contributed by atoms with Gasteiger partial charge in [0.05, 0.1) is 0 Å². The minimum atomic E-state index is 0.353. The predicted molar refractivity (Wildman–Crippen MR) is 118 cm³/mol. The minimum Gasteiger partial charge on any atom is -0.396 e. The molecule has 152 valence electrons. The summed E-state index contributed by atoms with van der Waals surface area (Å²) in [5, 5.41) is 8.71. The molecule has 0 unspecified atom stereocenters. The number of aliphatic hydroxyl groups is 1. The fraction of sp³-hybridized carbons (Fsp3) is 1.00. The molecule has 1 nitrogen and oxygen atoms in total. The van der Waals surface area contributed by atoms with Gasteiger partial charge in [0.25, 0.3) is 0 Å². The van der Waals surface area contributed by atoms with Crippen molar-refractivity contribution in [2.75, 3.05) is 18.1 Å². The fourth-order valence-corrected chi connectivity index (χ4v) is 4.32. The molecule has 0 amide bonds. The molecule has 0 saturated carbocycles. The first kappa shape index (κ1) is 25.3. The summed E-state index contributed by atoms with van der Waals surface area (Å²) in [6.45, 7) is 2.65. The fourth-order valence-electron chi connectivity index (χ4n) is 3.37. The number of aliphatic hydroxyl groups excluding tert-OH is 1. The first-order valence-corrected chi connectivity index (χ1v) is 12.8. The monoisotopic (exact) mass is 372 g/mol. The minimum absolute atomic E-state index is 0.353. The Morgan fingerprint density at radius 1 is 0.440 bits per heavy atom. The molecule has 0 fully saturated rings. The van der Waals surface area contributed by atoms with Crippen molar-refractivity contribution in [2.45, 2.75) is 129 Å². The van der Waals surface area contributed by atoms with Crippen molar-refractivity contribution in [1.29, 1.82) is 0 Å². The van der Waals surface area contributed by atoms with Crippen LogP contribution in [0.3, 0.4) is 0 Å². The zero-order valence-electron chi connectivity index (χ0n) is 17.4. The second kappa shape index (κ2) is 24.3. The molecule has 0 aliphatic carbocycles. The molecule has 2 heteroatoms. The number of hydrogen-bond donors (Lipinski definition) is 1. The van der Waals surface area contributed by atoms with Crippen LogP contribution in [0.5, 0.6) is 0 Å². The first-order valence-electron chi connectivity index (χ1n) is 11.6. The summed E-state index contributed by atoms with van der Waals surface area (Å²) in [5.74, 6) is 2.42. The van der Waals surface area contributed by atoms with Crippen LogP contribution in [0, 0.1) is 0 Å². The van der Waals surface area contributed by atoms with Gasteiger partial charge in [-0.2, -0.15) is 11.8 Å². The summed E-state index contributed by atoms with van der Waals surface area (Å²) in [6, 6.07) is 0. The van der Waals surface area contributed by atoms with E-state index in [0.717, 1.165) is 12.2 Å². The summed E-state index contributed by atoms with van der Waals surface area (Å²) in [7, 11) is 0. The molecule has 0 aromatic heterocycles. The van der Waals surface area contributed by atoms with Crippen molar-refractivity contribution >= 4 is 11.8 Å². The van der Waals surface area contributed by atoms with Gasteiger partial charge in [-0.05, 0) is 24.3 Å². The molecule has 0 aliphatic heterocycles. The Morgan fingerprint density at radius 3 is 1.12 bits per heavy atom. The van der Waals surface area contributed by atoms with E-state index in [9.17, 15) is 0 Å². The molecule has 0 aromatic rings. The van der Waals surface area contributed by atoms with Gasteiger partial charge < -0.3 is 5.11 Å². The Morgan fingerprint density at radius 2 is 0.760 bits per heavy atom. The zero-order chi connectivity index (χ0) is 18.3. The van der Waals surface area contributed by atoms with Gasteiger partial charge in [0, 0.05) is 6.61 Å². The van der Waals surface area contributed by atoms with Gasteiger partial charge in [-0.25, -0.2) is 0 Å². The Balaban J connectivity index is 2.94. The summed E-state index contributed by atoms with van der Waals surface area (Å²) in [6.07, 6.45) is 27.0. The summed E-state index contributed by atoms with van der Waals surface area (Å²) < 4.78 is 0. The Bertz CT molecular complexity index is 198. The summed E-state index contributed by atoms with van der Waals surface area (Å²) in [4.78, 5) is 0. The van der Waals surface area contributed by atoms with E-state index < -0.39 is 0 Å². The van der Waals surface area contributed by atoms with Gasteiger partial charge in [0.1, 0.15) is 0 Å². The molecule has 1 N–H and O–H groups in total. The Hall–Kier alpha value is 0.310. The van der Waals surface area contributed by atoms with Gasteiger partial charge in [-0.1, -0.05) is 116 Å². The smallest absolute Gasteiger partial charge is 0.0438 e. The average Bonchev–Trinajstić information content (AvgIpc) is 2.63. The average molecular weight is 373 g/mol. The molecule has 0 saturated heterocycles. The lowest BCUT2D eigenvalue weighted by atomic mass is 10.0. The van der Waals surface area contributed by atoms with Gasteiger partial charge in [-0.15, -0.1) is 0 Å². The lowest BCUT2D eigenvalue weighted by Crippen LogP contribution is -1.88. The highest BCUT2D eigenvalue weighted by molar-refractivity contribution is 7.99. The molecule has 0 atom stereocenters. The van der Waals surface area contributed by atoms with Gasteiger partial charge in [0.2, 0.25) is 0 Å². The standard InChI is InChI=1S/C23H48OS/c1-2-3-4-5-6-7-8-9-10-11-12-13-14-15-16-17-18-19-22-25-23-20-21-24/h24H,2-23H2,1H3. The molecule has 0 heterocycles. The highest BCUT2D eigenvalue weighted by atomic mass is 32.2. The van der Waals surface area contributed by atoms with Crippen LogP contribution in [0.1, 0.15) is 129 Å². The molecule has 0 aliphatic rings. The van der Waals surface area contributed by atoms with Crippen molar-refractivity contribution in [2.24, 2.45) is 0 Å². The van der Waals surface area contributed by atoms with Crippen LogP contribution >= 0.6 is 11.8 Å². The first-order chi connectivity index (χ1) is 12.4. The maximum atomic E-state index is 8.71. The lowest BCUT2D eigenvalue weighted by Gasteiger charge is -2.04. The van der Waals surface area contributed by atoms with E-state index >= 15 is 0 Å². The number of unbranched alkanes of at least 4 members (excludes halogenated alkanes) is 17. The summed E-state index contributed by atoms with van der Waals surface area (Å²) in [5.41, 5.74) is 0. The van der Waals surface area contributed by atoms with E-state index in [4.69, 9.17) is 5.11 Å². The van der Waals surface area contributed by atoms with Crippen molar-refractivity contribution in [3.8, 4) is 0 Å². The van der Waals surface area contributed by atoms with E-state index in [1.807, 2.05) is 11.8 Å². The van der Waals surface area contributed by atoms with Gasteiger partial charge in [0.15, 0.2) is 0 Å². The molecule has 0 aromatic carbocycles.